The van der Waals surface area contributed by atoms with Crippen molar-refractivity contribution in [3.8, 4) is 0 Å². The quantitative estimate of drug-likeness (QED) is 0.878. The summed E-state index contributed by atoms with van der Waals surface area (Å²) in [6.45, 7) is 4.10. The lowest BCUT2D eigenvalue weighted by atomic mass is 10.3. The molecule has 0 radical (unpaired) electrons. The maximum absolute atomic E-state index is 13.1. The lowest BCUT2D eigenvalue weighted by Gasteiger charge is -2.14. The predicted molar refractivity (Wildman–Crippen MR) is 75.0 cm³/mol. The lowest BCUT2D eigenvalue weighted by Crippen LogP contribution is -2.06. The molecule has 0 spiro atoms. The van der Waals surface area contributed by atoms with Crippen LogP contribution in [-0.2, 0) is 0 Å². The first-order chi connectivity index (χ1) is 8.49. The SMILES string of the molecule is CC(C)n1ccnc1Nc1c(Cl)cc(F)cc1Br. The molecule has 96 valence electrons. The molecule has 0 saturated carbocycles. The van der Waals surface area contributed by atoms with E-state index in [1.54, 1.807) is 6.20 Å². The normalized spacial score (nSPS) is 11.0. The van der Waals surface area contributed by atoms with Gasteiger partial charge in [0.1, 0.15) is 5.82 Å². The number of nitrogens with zero attached hydrogens (tertiary/aromatic N) is 2. The van der Waals surface area contributed by atoms with E-state index in [2.05, 4.69) is 26.2 Å². The molecule has 0 amide bonds. The van der Waals surface area contributed by atoms with Gasteiger partial charge in [0.25, 0.3) is 0 Å². The van der Waals surface area contributed by atoms with Crippen LogP contribution in [0.25, 0.3) is 0 Å². The van der Waals surface area contributed by atoms with Crippen molar-refractivity contribution in [2.24, 2.45) is 0 Å². The largest absolute Gasteiger partial charge is 0.323 e. The molecule has 6 heteroatoms. The van der Waals surface area contributed by atoms with E-state index in [9.17, 15) is 4.39 Å². The third-order valence-electron chi connectivity index (χ3n) is 2.47. The molecule has 2 aromatic rings. The van der Waals surface area contributed by atoms with Crippen molar-refractivity contribution < 1.29 is 4.39 Å². The predicted octanol–water partition coefficient (Wildman–Crippen LogP) is 4.76. The molecule has 0 bridgehead atoms. The van der Waals surface area contributed by atoms with Crippen LogP contribution in [0.4, 0.5) is 16.0 Å². The Morgan fingerprint density at radius 3 is 2.78 bits per heavy atom. The fourth-order valence-electron chi connectivity index (χ4n) is 1.60. The zero-order valence-corrected chi connectivity index (χ0v) is 12.3. The second kappa shape index (κ2) is 5.28. The molecule has 18 heavy (non-hydrogen) atoms. The number of halogens is 3. The van der Waals surface area contributed by atoms with Gasteiger partial charge in [-0.05, 0) is 41.9 Å². The molecule has 1 N–H and O–H groups in total. The van der Waals surface area contributed by atoms with Gasteiger partial charge in [-0.3, -0.25) is 0 Å². The van der Waals surface area contributed by atoms with E-state index >= 15 is 0 Å². The van der Waals surface area contributed by atoms with Crippen LogP contribution in [0.5, 0.6) is 0 Å². The Hall–Kier alpha value is -1.07. The molecular weight excluding hydrogens is 321 g/mol. The van der Waals surface area contributed by atoms with E-state index in [0.717, 1.165) is 0 Å². The van der Waals surface area contributed by atoms with Crippen LogP contribution in [0.1, 0.15) is 19.9 Å². The molecular formula is C12H12BrClFN3. The average molecular weight is 333 g/mol. The van der Waals surface area contributed by atoms with Gasteiger partial charge < -0.3 is 9.88 Å². The maximum Gasteiger partial charge on any atom is 0.207 e. The van der Waals surface area contributed by atoms with Crippen molar-refractivity contribution in [3.05, 3.63) is 39.8 Å². The number of hydrogen-bond acceptors (Lipinski definition) is 2. The standard InChI is InChI=1S/C12H12BrClFN3/c1-7(2)18-4-3-16-12(18)17-11-9(13)5-8(15)6-10(11)14/h3-7H,1-2H3,(H,16,17). The summed E-state index contributed by atoms with van der Waals surface area (Å²) in [5.41, 5.74) is 0.603. The van der Waals surface area contributed by atoms with Gasteiger partial charge in [-0.25, -0.2) is 9.37 Å². The van der Waals surface area contributed by atoms with Gasteiger partial charge >= 0.3 is 0 Å². The molecule has 0 unspecified atom stereocenters. The Labute approximate surface area is 118 Å². The molecule has 0 saturated heterocycles. The minimum absolute atomic E-state index is 0.271. The Bertz CT molecular complexity index is 545. The highest BCUT2D eigenvalue weighted by Crippen LogP contribution is 2.34. The molecule has 1 aromatic heterocycles. The van der Waals surface area contributed by atoms with E-state index in [4.69, 9.17) is 11.6 Å². The summed E-state index contributed by atoms with van der Waals surface area (Å²) in [5, 5.41) is 3.41. The fourth-order valence-corrected chi connectivity index (χ4v) is 2.50. The number of rotatable bonds is 3. The minimum atomic E-state index is -0.385. The van der Waals surface area contributed by atoms with Crippen molar-refractivity contribution >= 4 is 39.2 Å². The van der Waals surface area contributed by atoms with Crippen LogP contribution in [0, 0.1) is 5.82 Å². The van der Waals surface area contributed by atoms with Crippen LogP contribution in [-0.4, -0.2) is 9.55 Å². The highest BCUT2D eigenvalue weighted by molar-refractivity contribution is 9.10. The number of hydrogen-bond donors (Lipinski definition) is 1. The van der Waals surface area contributed by atoms with E-state index in [1.807, 2.05) is 24.6 Å². The number of anilines is 2. The molecule has 3 nitrogen and oxygen atoms in total. The fraction of sp³-hybridized carbons (Fsp3) is 0.250. The number of benzene rings is 1. The van der Waals surface area contributed by atoms with Gasteiger partial charge in [0.2, 0.25) is 5.95 Å². The van der Waals surface area contributed by atoms with Crippen molar-refractivity contribution in [2.45, 2.75) is 19.9 Å². The first kappa shape index (κ1) is 13.4. The van der Waals surface area contributed by atoms with E-state index in [-0.39, 0.29) is 11.9 Å². The first-order valence-electron chi connectivity index (χ1n) is 5.43. The smallest absolute Gasteiger partial charge is 0.207 e. The number of imidazole rings is 1. The number of nitrogens with one attached hydrogen (secondary N) is 1. The van der Waals surface area contributed by atoms with Crippen LogP contribution in [0.3, 0.4) is 0 Å². The van der Waals surface area contributed by atoms with Gasteiger partial charge in [-0.15, -0.1) is 0 Å². The number of aromatic nitrogens is 2. The van der Waals surface area contributed by atoms with Crippen LogP contribution in [0.2, 0.25) is 5.02 Å². The van der Waals surface area contributed by atoms with Crippen LogP contribution < -0.4 is 5.32 Å². The van der Waals surface area contributed by atoms with Gasteiger partial charge in [0, 0.05) is 22.9 Å². The summed E-state index contributed by atoms with van der Waals surface area (Å²) in [4.78, 5) is 4.22. The van der Waals surface area contributed by atoms with Gasteiger partial charge in [0.15, 0.2) is 0 Å². The Morgan fingerprint density at radius 1 is 1.44 bits per heavy atom. The summed E-state index contributed by atoms with van der Waals surface area (Å²) in [6, 6.07) is 2.89. The molecule has 0 aliphatic rings. The first-order valence-corrected chi connectivity index (χ1v) is 6.60. The van der Waals surface area contributed by atoms with Gasteiger partial charge in [-0.1, -0.05) is 11.6 Å². The summed E-state index contributed by atoms with van der Waals surface area (Å²) < 4.78 is 15.7. The maximum atomic E-state index is 13.1. The molecule has 0 aliphatic heterocycles. The summed E-state index contributed by atoms with van der Waals surface area (Å²) in [7, 11) is 0. The molecule has 0 fully saturated rings. The Balaban J connectivity index is 2.37. The van der Waals surface area contributed by atoms with Crippen molar-refractivity contribution in [1.82, 2.24) is 9.55 Å². The molecule has 0 aliphatic carbocycles. The topological polar surface area (TPSA) is 29.9 Å². The highest BCUT2D eigenvalue weighted by atomic mass is 79.9. The van der Waals surface area contributed by atoms with Crippen molar-refractivity contribution in [1.29, 1.82) is 0 Å². The van der Waals surface area contributed by atoms with E-state index in [0.29, 0.717) is 21.1 Å². The monoisotopic (exact) mass is 331 g/mol. The Morgan fingerprint density at radius 2 is 2.17 bits per heavy atom. The molecule has 1 heterocycles. The highest BCUT2D eigenvalue weighted by Gasteiger charge is 2.12. The van der Waals surface area contributed by atoms with Gasteiger partial charge in [0.05, 0.1) is 10.7 Å². The summed E-state index contributed by atoms with van der Waals surface area (Å²) >= 11 is 9.30. The lowest BCUT2D eigenvalue weighted by molar-refractivity contribution is 0.607. The van der Waals surface area contributed by atoms with Crippen LogP contribution >= 0.6 is 27.5 Å². The zero-order chi connectivity index (χ0) is 13.3. The third-order valence-corrected chi connectivity index (χ3v) is 3.39. The van der Waals surface area contributed by atoms with E-state index < -0.39 is 0 Å². The van der Waals surface area contributed by atoms with Crippen LogP contribution in [0.15, 0.2) is 29.0 Å². The molecule has 2 rings (SSSR count). The second-order valence-corrected chi connectivity index (χ2v) is 5.38. The average Bonchev–Trinajstić information content (AvgIpc) is 2.71. The van der Waals surface area contributed by atoms with E-state index in [1.165, 1.54) is 12.1 Å². The van der Waals surface area contributed by atoms with Gasteiger partial charge in [-0.2, -0.15) is 0 Å². The van der Waals surface area contributed by atoms with Crippen molar-refractivity contribution in [3.63, 3.8) is 0 Å². The minimum Gasteiger partial charge on any atom is -0.323 e. The summed E-state index contributed by atoms with van der Waals surface area (Å²) in [5.74, 6) is 0.281. The third kappa shape index (κ3) is 2.67. The second-order valence-electron chi connectivity index (χ2n) is 4.12. The Kier molecular flexibility index (Phi) is 3.92. The molecule has 1 aromatic carbocycles. The van der Waals surface area contributed by atoms with Crippen molar-refractivity contribution in [2.75, 3.05) is 5.32 Å². The zero-order valence-electron chi connectivity index (χ0n) is 9.92. The summed E-state index contributed by atoms with van der Waals surface area (Å²) in [6.07, 6.45) is 3.58. The molecule has 0 atom stereocenters.